The van der Waals surface area contributed by atoms with E-state index in [-0.39, 0.29) is 83.8 Å². The number of halogens is 4. The molecule has 6 aromatic heterocycles. The van der Waals surface area contributed by atoms with Crippen molar-refractivity contribution in [2.75, 3.05) is 0 Å². The van der Waals surface area contributed by atoms with Crippen molar-refractivity contribution in [2.24, 2.45) is 0 Å². The van der Waals surface area contributed by atoms with Gasteiger partial charge in [0.1, 0.15) is 11.4 Å². The van der Waals surface area contributed by atoms with Crippen LogP contribution in [-0.4, -0.2) is 60.0 Å². The van der Waals surface area contributed by atoms with Gasteiger partial charge in [-0.25, -0.2) is 29.3 Å². The fraction of sp³-hybridized carbons (Fsp3) is 0.0769. The molecule has 0 atom stereocenters. The van der Waals surface area contributed by atoms with Crippen LogP contribution in [0.5, 0.6) is 0 Å². The molecule has 6 rings (SSSR count). The third-order valence-corrected chi connectivity index (χ3v) is 4.95. The maximum absolute atomic E-state index is 6.00. The average Bonchev–Trinajstić information content (AvgIpc) is 3.70. The predicted octanol–water partition coefficient (Wildman–Crippen LogP) is -7.91. The number of aromatic nitrogens is 10. The number of pyridine rings is 2. The van der Waals surface area contributed by atoms with E-state index in [1.807, 2.05) is 86.9 Å². The molecule has 18 heteroatoms. The fourth-order valence-electron chi connectivity index (χ4n) is 3.37. The molecule has 0 aliphatic carbocycles. The Morgan fingerprint density at radius 1 is 0.523 bits per heavy atom. The molecule has 0 bridgehead atoms. The van der Waals surface area contributed by atoms with Crippen LogP contribution < -0.4 is 49.6 Å². The third-order valence-electron chi connectivity index (χ3n) is 4.95. The summed E-state index contributed by atoms with van der Waals surface area (Å²) in [5.41, 5.74) is 3.29. The van der Waals surface area contributed by atoms with Gasteiger partial charge in [-0.05, 0) is 50.2 Å². The average molecular weight is 777 g/mol. The van der Waals surface area contributed by atoms with Gasteiger partial charge >= 0.3 is 34.1 Å². The minimum absolute atomic E-state index is 0. The maximum Gasteiger partial charge on any atom is 2.00 e. The molecule has 0 amide bonds. The first-order valence-corrected chi connectivity index (χ1v) is 11.4. The van der Waals surface area contributed by atoms with Crippen molar-refractivity contribution in [1.82, 2.24) is 49.5 Å². The van der Waals surface area contributed by atoms with Gasteiger partial charge < -0.3 is 49.6 Å². The van der Waals surface area contributed by atoms with Crippen molar-refractivity contribution in [3.8, 4) is 34.7 Å². The van der Waals surface area contributed by atoms with Crippen LogP contribution in [0.25, 0.3) is 34.7 Å². The van der Waals surface area contributed by atoms with Crippen molar-refractivity contribution in [3.63, 3.8) is 0 Å². The standard InChI is InChI=1S/2C13H11N5.4ClH.2Cu.H2O2/c2*1-10-9-12(18-8-4-7-15-18)17-13(16-10)11-5-2-3-6-14-11;;;;;;;1-2/h2*2-9H,1H3;4*1H;;;1-2H/q;;;;;;2*+2;/p-4. The number of hydrogen-bond donors (Lipinski definition) is 2. The molecule has 240 valence electrons. The molecular weight excluding hydrogens is 753 g/mol. The summed E-state index contributed by atoms with van der Waals surface area (Å²) in [6.45, 7) is 3.86. The second-order valence-electron chi connectivity index (χ2n) is 7.71. The van der Waals surface area contributed by atoms with Gasteiger partial charge in [0.2, 0.25) is 0 Å². The number of nitrogens with zero attached hydrogens (tertiary/aromatic N) is 10. The van der Waals surface area contributed by atoms with Crippen LogP contribution in [0.4, 0.5) is 0 Å². The summed E-state index contributed by atoms with van der Waals surface area (Å²) in [7, 11) is 0. The van der Waals surface area contributed by atoms with E-state index in [1.165, 1.54) is 0 Å². The summed E-state index contributed by atoms with van der Waals surface area (Å²) in [4.78, 5) is 26.3. The molecule has 2 N–H and O–H groups in total. The molecule has 0 aliphatic rings. The van der Waals surface area contributed by atoms with Crippen LogP contribution in [0.3, 0.4) is 0 Å². The van der Waals surface area contributed by atoms with Crippen molar-refractivity contribution < 1.29 is 94.3 Å². The largest absolute Gasteiger partial charge is 2.00 e. The molecule has 0 fully saturated rings. The van der Waals surface area contributed by atoms with Gasteiger partial charge in [0.15, 0.2) is 23.3 Å². The fourth-order valence-corrected chi connectivity index (χ4v) is 3.37. The van der Waals surface area contributed by atoms with Gasteiger partial charge in [0.05, 0.1) is 0 Å². The van der Waals surface area contributed by atoms with Crippen molar-refractivity contribution in [3.05, 3.63) is 109 Å². The number of hydrogen-bond acceptors (Lipinski definition) is 10. The van der Waals surface area contributed by atoms with Crippen LogP contribution in [0.2, 0.25) is 0 Å². The normalized spacial score (nSPS) is 8.73. The van der Waals surface area contributed by atoms with Crippen LogP contribution in [0, 0.1) is 13.8 Å². The second kappa shape index (κ2) is 23.4. The Labute approximate surface area is 299 Å². The molecule has 0 saturated heterocycles. The molecule has 44 heavy (non-hydrogen) atoms. The molecule has 6 aromatic rings. The first kappa shape index (κ1) is 45.4. The van der Waals surface area contributed by atoms with E-state index < -0.39 is 0 Å². The maximum atomic E-state index is 6.00. The van der Waals surface area contributed by atoms with Crippen molar-refractivity contribution in [1.29, 1.82) is 0 Å². The molecule has 0 spiro atoms. The van der Waals surface area contributed by atoms with Gasteiger partial charge in [-0.15, -0.1) is 0 Å². The molecule has 0 saturated carbocycles. The number of aryl methyl sites for hydroxylation is 2. The predicted molar refractivity (Wildman–Crippen MR) is 140 cm³/mol. The van der Waals surface area contributed by atoms with Crippen molar-refractivity contribution >= 4 is 0 Å². The zero-order valence-electron chi connectivity index (χ0n) is 22.7. The van der Waals surface area contributed by atoms with E-state index in [9.17, 15) is 0 Å². The topological polar surface area (TPSA) is 153 Å². The SMILES string of the molecule is Cc1cc(-n2cccn2)nc(-c2ccccn2)n1.Cc1cc(-n2cccn2)nc(-c2ccccn2)n1.OO.[Cl-].[Cl-].[Cl-].[Cl-].[Cu+2].[Cu+2]. The summed E-state index contributed by atoms with van der Waals surface area (Å²) >= 11 is 0. The zero-order valence-corrected chi connectivity index (χ0v) is 27.6. The molecule has 2 radical (unpaired) electrons. The van der Waals surface area contributed by atoms with Gasteiger partial charge in [-0.1, -0.05) is 12.1 Å². The second-order valence-corrected chi connectivity index (χ2v) is 7.71. The van der Waals surface area contributed by atoms with E-state index >= 15 is 0 Å². The van der Waals surface area contributed by atoms with Gasteiger partial charge in [0.25, 0.3) is 0 Å². The van der Waals surface area contributed by atoms with Crippen molar-refractivity contribution in [2.45, 2.75) is 13.8 Å². The Bertz CT molecular complexity index is 1450. The van der Waals surface area contributed by atoms with E-state index in [2.05, 4.69) is 40.1 Å². The van der Waals surface area contributed by atoms with Gasteiger partial charge in [-0.2, -0.15) is 10.2 Å². The molecule has 0 unspecified atom stereocenters. The van der Waals surface area contributed by atoms with E-state index in [4.69, 9.17) is 10.5 Å². The summed E-state index contributed by atoms with van der Waals surface area (Å²) < 4.78 is 3.42. The summed E-state index contributed by atoms with van der Waals surface area (Å²) in [5.74, 6) is 2.71. The first-order valence-electron chi connectivity index (χ1n) is 11.4. The monoisotopic (exact) mass is 774 g/mol. The van der Waals surface area contributed by atoms with E-state index in [0.717, 1.165) is 34.4 Å². The summed E-state index contributed by atoms with van der Waals surface area (Å²) in [6.07, 6.45) is 10.6. The van der Waals surface area contributed by atoms with Crippen LogP contribution in [0.1, 0.15) is 11.4 Å². The molecule has 0 aromatic carbocycles. The first-order chi connectivity index (χ1) is 18.7. The Morgan fingerprint density at radius 3 is 1.20 bits per heavy atom. The Hall–Kier alpha value is -3.00. The molecule has 0 aliphatic heterocycles. The quantitative estimate of drug-likeness (QED) is 0.100. The summed E-state index contributed by atoms with van der Waals surface area (Å²) in [5, 5.41) is 20.3. The Balaban J connectivity index is -0.000000641. The zero-order chi connectivity index (χ0) is 26.7. The molecular formula is C26H24Cl4Cu2N10O2. The minimum atomic E-state index is 0. The van der Waals surface area contributed by atoms with Gasteiger partial charge in [-0.3, -0.25) is 20.5 Å². The number of rotatable bonds is 4. The Kier molecular flexibility index (Phi) is 24.1. The van der Waals surface area contributed by atoms with Crippen LogP contribution >= 0.6 is 0 Å². The smallest absolute Gasteiger partial charge is 1.00 e. The van der Waals surface area contributed by atoms with Crippen LogP contribution in [-0.2, 0) is 34.1 Å². The minimum Gasteiger partial charge on any atom is -1.00 e. The molecule has 12 nitrogen and oxygen atoms in total. The van der Waals surface area contributed by atoms with E-state index in [0.29, 0.717) is 11.6 Å². The third kappa shape index (κ3) is 12.5. The summed E-state index contributed by atoms with van der Waals surface area (Å²) in [6, 6.07) is 18.8. The van der Waals surface area contributed by atoms with Gasteiger partial charge in [0, 0.05) is 60.7 Å². The van der Waals surface area contributed by atoms with E-state index in [1.54, 1.807) is 34.2 Å². The van der Waals surface area contributed by atoms with Crippen LogP contribution in [0.15, 0.2) is 97.8 Å². The molecule has 6 heterocycles. The Morgan fingerprint density at radius 2 is 0.909 bits per heavy atom.